The van der Waals surface area contributed by atoms with Crippen molar-refractivity contribution in [3.8, 4) is 11.3 Å². The predicted octanol–water partition coefficient (Wildman–Crippen LogP) is 3.16. The number of nitrogens with zero attached hydrogens (tertiary/aromatic N) is 5. The highest BCUT2D eigenvalue weighted by atomic mass is 16.7. The molecule has 4 heterocycles. The number of benzene rings is 1. The molecule has 31 heavy (non-hydrogen) atoms. The zero-order chi connectivity index (χ0) is 21.3. The summed E-state index contributed by atoms with van der Waals surface area (Å²) >= 11 is 0. The Morgan fingerprint density at radius 1 is 1.19 bits per heavy atom. The summed E-state index contributed by atoms with van der Waals surface area (Å²) in [6, 6.07) is 7.77. The molecular weight excluding hydrogens is 394 g/mol. The van der Waals surface area contributed by atoms with E-state index in [-0.39, 0.29) is 24.3 Å². The SMILES string of the molecule is C[C@@H]1C(=O)N(C)Cc2c(-c3cccc4cc(C5=NOC(=O)C5)ncc34)nc(C3CC3)n21. The Hall–Kier alpha value is -3.55. The summed E-state index contributed by atoms with van der Waals surface area (Å²) < 4.78 is 2.16. The van der Waals surface area contributed by atoms with Crippen LogP contribution < -0.4 is 0 Å². The van der Waals surface area contributed by atoms with Gasteiger partial charge in [0.2, 0.25) is 5.91 Å². The molecule has 2 aliphatic heterocycles. The van der Waals surface area contributed by atoms with Crippen molar-refractivity contribution in [3.63, 3.8) is 0 Å². The number of amides is 1. The van der Waals surface area contributed by atoms with Gasteiger partial charge in [0.25, 0.3) is 0 Å². The number of carbonyl (C=O) groups is 2. The number of rotatable bonds is 3. The summed E-state index contributed by atoms with van der Waals surface area (Å²) in [5, 5.41) is 5.81. The number of aromatic nitrogens is 3. The van der Waals surface area contributed by atoms with Gasteiger partial charge in [-0.2, -0.15) is 0 Å². The molecule has 0 spiro atoms. The van der Waals surface area contributed by atoms with Gasteiger partial charge in [-0.05, 0) is 31.2 Å². The number of fused-ring (bicyclic) bond motifs is 2. The minimum atomic E-state index is -0.365. The summed E-state index contributed by atoms with van der Waals surface area (Å²) in [4.78, 5) is 40.2. The highest BCUT2D eigenvalue weighted by Crippen LogP contribution is 2.44. The fraction of sp³-hybridized carbons (Fsp3) is 0.348. The van der Waals surface area contributed by atoms with Crippen LogP contribution in [0.3, 0.4) is 0 Å². The zero-order valence-electron chi connectivity index (χ0n) is 17.3. The second-order valence-corrected chi connectivity index (χ2v) is 8.55. The fourth-order valence-corrected chi connectivity index (χ4v) is 4.63. The number of hydrogen-bond donors (Lipinski definition) is 0. The topological polar surface area (TPSA) is 89.7 Å². The molecule has 8 heteroatoms. The van der Waals surface area contributed by atoms with E-state index in [0.29, 0.717) is 23.9 Å². The fourth-order valence-electron chi connectivity index (χ4n) is 4.63. The highest BCUT2D eigenvalue weighted by Gasteiger charge is 2.38. The summed E-state index contributed by atoms with van der Waals surface area (Å²) in [6.45, 7) is 2.50. The molecular formula is C23H21N5O3. The van der Waals surface area contributed by atoms with Crippen LogP contribution in [0.2, 0.25) is 0 Å². The second kappa shape index (κ2) is 6.47. The van der Waals surface area contributed by atoms with Crippen molar-refractivity contribution in [2.75, 3.05) is 7.05 Å². The number of likely N-dealkylation sites (N-methyl/N-ethyl adjacent to an activating group) is 1. The van der Waals surface area contributed by atoms with Crippen LogP contribution >= 0.6 is 0 Å². The zero-order valence-corrected chi connectivity index (χ0v) is 17.3. The van der Waals surface area contributed by atoms with E-state index < -0.39 is 0 Å². The van der Waals surface area contributed by atoms with Crippen molar-refractivity contribution in [1.82, 2.24) is 19.4 Å². The van der Waals surface area contributed by atoms with E-state index in [0.717, 1.165) is 46.4 Å². The predicted molar refractivity (Wildman–Crippen MR) is 113 cm³/mol. The van der Waals surface area contributed by atoms with Gasteiger partial charge in [-0.1, -0.05) is 23.4 Å². The lowest BCUT2D eigenvalue weighted by molar-refractivity contribution is -0.140. The molecule has 1 saturated carbocycles. The molecule has 8 nitrogen and oxygen atoms in total. The van der Waals surface area contributed by atoms with Gasteiger partial charge < -0.3 is 14.3 Å². The number of hydrogen-bond acceptors (Lipinski definition) is 6. The van der Waals surface area contributed by atoms with Crippen molar-refractivity contribution in [2.24, 2.45) is 5.16 Å². The largest absolute Gasteiger partial charge is 0.341 e. The van der Waals surface area contributed by atoms with Crippen molar-refractivity contribution < 1.29 is 14.4 Å². The average molecular weight is 415 g/mol. The molecule has 1 fully saturated rings. The molecule has 0 saturated heterocycles. The summed E-state index contributed by atoms with van der Waals surface area (Å²) in [6.07, 6.45) is 4.19. The quantitative estimate of drug-likeness (QED) is 0.613. The van der Waals surface area contributed by atoms with E-state index in [4.69, 9.17) is 9.82 Å². The van der Waals surface area contributed by atoms with Gasteiger partial charge in [0.05, 0.1) is 30.0 Å². The maximum Gasteiger partial charge on any atom is 0.341 e. The molecule has 1 aromatic carbocycles. The Morgan fingerprint density at radius 2 is 2.03 bits per heavy atom. The lowest BCUT2D eigenvalue weighted by atomic mass is 10.0. The minimum absolute atomic E-state index is 0.122. The van der Waals surface area contributed by atoms with Crippen LogP contribution in [-0.4, -0.2) is 44.1 Å². The Kier molecular flexibility index (Phi) is 3.81. The minimum Gasteiger partial charge on any atom is -0.338 e. The van der Waals surface area contributed by atoms with Crippen molar-refractivity contribution in [3.05, 3.63) is 47.7 Å². The van der Waals surface area contributed by atoms with Crippen LogP contribution in [-0.2, 0) is 21.0 Å². The normalized spacial score (nSPS) is 20.8. The van der Waals surface area contributed by atoms with Crippen LogP contribution in [0, 0.1) is 0 Å². The molecule has 3 aliphatic rings. The van der Waals surface area contributed by atoms with Gasteiger partial charge in [-0.25, -0.2) is 9.78 Å². The van der Waals surface area contributed by atoms with Crippen molar-refractivity contribution in [1.29, 1.82) is 0 Å². The Bertz CT molecular complexity index is 1300. The highest BCUT2D eigenvalue weighted by molar-refractivity contribution is 6.12. The van der Waals surface area contributed by atoms with Gasteiger partial charge in [-0.15, -0.1) is 0 Å². The Morgan fingerprint density at radius 3 is 2.77 bits per heavy atom. The maximum absolute atomic E-state index is 12.6. The molecule has 156 valence electrons. The van der Waals surface area contributed by atoms with Crippen molar-refractivity contribution in [2.45, 2.75) is 44.7 Å². The van der Waals surface area contributed by atoms with E-state index in [2.05, 4.69) is 20.8 Å². The summed E-state index contributed by atoms with van der Waals surface area (Å²) in [5.74, 6) is 1.22. The summed E-state index contributed by atoms with van der Waals surface area (Å²) in [7, 11) is 1.85. The first-order valence-electron chi connectivity index (χ1n) is 10.5. The third-order valence-corrected chi connectivity index (χ3v) is 6.37. The molecule has 1 aliphatic carbocycles. The lowest BCUT2D eigenvalue weighted by Crippen LogP contribution is -2.39. The van der Waals surface area contributed by atoms with Crippen LogP contribution in [0.4, 0.5) is 0 Å². The van der Waals surface area contributed by atoms with Crippen LogP contribution in [0.25, 0.3) is 22.0 Å². The maximum atomic E-state index is 12.6. The van der Waals surface area contributed by atoms with E-state index in [1.54, 1.807) is 4.90 Å². The van der Waals surface area contributed by atoms with Gasteiger partial charge in [0, 0.05) is 30.1 Å². The third kappa shape index (κ3) is 2.78. The smallest absolute Gasteiger partial charge is 0.338 e. The average Bonchev–Trinajstić information content (AvgIpc) is 3.42. The molecule has 1 atom stereocenters. The van der Waals surface area contributed by atoms with E-state index in [1.165, 1.54) is 0 Å². The molecule has 6 rings (SSSR count). The number of oxime groups is 1. The first-order valence-corrected chi connectivity index (χ1v) is 10.5. The molecule has 3 aromatic rings. The summed E-state index contributed by atoms with van der Waals surface area (Å²) in [5.41, 5.74) is 4.18. The van der Waals surface area contributed by atoms with Gasteiger partial charge in [0.15, 0.2) is 0 Å². The monoisotopic (exact) mass is 415 g/mol. The second-order valence-electron chi connectivity index (χ2n) is 8.55. The molecule has 0 bridgehead atoms. The van der Waals surface area contributed by atoms with E-state index >= 15 is 0 Å². The number of imidazole rings is 1. The third-order valence-electron chi connectivity index (χ3n) is 6.37. The van der Waals surface area contributed by atoms with Crippen LogP contribution in [0.1, 0.15) is 55.4 Å². The van der Waals surface area contributed by atoms with Gasteiger partial charge in [0.1, 0.15) is 17.6 Å². The molecule has 0 unspecified atom stereocenters. The number of pyridine rings is 1. The van der Waals surface area contributed by atoms with E-state index in [9.17, 15) is 9.59 Å². The first-order chi connectivity index (χ1) is 15.0. The van der Waals surface area contributed by atoms with Gasteiger partial charge in [-0.3, -0.25) is 9.78 Å². The molecule has 1 amide bonds. The van der Waals surface area contributed by atoms with Crippen LogP contribution in [0.5, 0.6) is 0 Å². The number of carbonyl (C=O) groups excluding carboxylic acids is 2. The molecule has 2 aromatic heterocycles. The van der Waals surface area contributed by atoms with Gasteiger partial charge >= 0.3 is 5.97 Å². The molecule has 0 radical (unpaired) electrons. The lowest BCUT2D eigenvalue weighted by Gasteiger charge is -2.31. The van der Waals surface area contributed by atoms with Crippen LogP contribution in [0.15, 0.2) is 35.6 Å². The Labute approximate surface area is 178 Å². The van der Waals surface area contributed by atoms with Crippen molar-refractivity contribution >= 4 is 28.4 Å². The Balaban J connectivity index is 1.51. The first kappa shape index (κ1) is 18.2. The molecule has 0 N–H and O–H groups in total. The standard InChI is InChI=1S/C23H21N5O3/c1-12-23(30)27(2)11-19-21(25-22(28(12)19)13-6-7-13)15-5-3-4-14-8-17(24-10-16(14)15)18-9-20(29)31-26-18/h3-5,8,10,12-13H,6-7,9,11H2,1-2H3/t12-/m1/s1. The van der Waals surface area contributed by atoms with E-state index in [1.807, 2.05) is 38.4 Å².